The molecule has 104 valence electrons. The first kappa shape index (κ1) is 13.4. The summed E-state index contributed by atoms with van der Waals surface area (Å²) >= 11 is 3.47. The lowest BCUT2D eigenvalue weighted by atomic mass is 9.79. The van der Waals surface area contributed by atoms with Crippen LogP contribution in [0.3, 0.4) is 0 Å². The molecule has 1 spiro atoms. The van der Waals surface area contributed by atoms with Crippen LogP contribution in [-0.2, 0) is 0 Å². The third kappa shape index (κ3) is 2.41. The number of aliphatic hydroxyl groups excluding tert-OH is 1. The fourth-order valence-electron chi connectivity index (χ4n) is 3.28. The van der Waals surface area contributed by atoms with E-state index in [1.807, 2.05) is 18.2 Å². The van der Waals surface area contributed by atoms with Gasteiger partial charge in [0, 0.05) is 35.5 Å². The van der Waals surface area contributed by atoms with E-state index in [0.717, 1.165) is 35.2 Å². The lowest BCUT2D eigenvalue weighted by Crippen LogP contribution is -2.52. The van der Waals surface area contributed by atoms with Crippen LogP contribution < -0.4 is 4.74 Å². The van der Waals surface area contributed by atoms with Crippen molar-refractivity contribution in [3.63, 3.8) is 0 Å². The molecule has 1 saturated heterocycles. The van der Waals surface area contributed by atoms with Gasteiger partial charge in [0.05, 0.1) is 6.10 Å². The van der Waals surface area contributed by atoms with Crippen LogP contribution in [0.1, 0.15) is 37.9 Å². The van der Waals surface area contributed by atoms with Gasteiger partial charge in [0.2, 0.25) is 0 Å². The minimum absolute atomic E-state index is 0.195. The van der Waals surface area contributed by atoms with E-state index in [1.165, 1.54) is 0 Å². The topological polar surface area (TPSA) is 32.7 Å². The number of hydrogen-bond acceptors (Lipinski definition) is 3. The number of fused-ring (bicyclic) bond motifs is 1. The van der Waals surface area contributed by atoms with Crippen molar-refractivity contribution in [1.29, 1.82) is 0 Å². The molecule has 1 fully saturated rings. The van der Waals surface area contributed by atoms with Gasteiger partial charge in [0.15, 0.2) is 0 Å². The van der Waals surface area contributed by atoms with Crippen LogP contribution in [0.2, 0.25) is 0 Å². The normalized spacial score (nSPS) is 34.9. The van der Waals surface area contributed by atoms with E-state index in [2.05, 4.69) is 34.8 Å². The number of rotatable bonds is 0. The predicted octanol–water partition coefficient (Wildman–Crippen LogP) is 3.12. The van der Waals surface area contributed by atoms with Crippen molar-refractivity contribution in [2.45, 2.75) is 43.9 Å². The second kappa shape index (κ2) is 4.76. The van der Waals surface area contributed by atoms with E-state index in [4.69, 9.17) is 4.74 Å². The van der Waals surface area contributed by atoms with Crippen molar-refractivity contribution in [3.05, 3.63) is 28.2 Å². The molecule has 1 aromatic carbocycles. The molecule has 2 aliphatic heterocycles. The van der Waals surface area contributed by atoms with Gasteiger partial charge in [-0.1, -0.05) is 22.0 Å². The van der Waals surface area contributed by atoms with E-state index in [1.54, 1.807) is 0 Å². The average Bonchev–Trinajstić information content (AvgIpc) is 2.34. The molecule has 1 aromatic rings. The summed E-state index contributed by atoms with van der Waals surface area (Å²) < 4.78 is 7.31. The molecular formula is C15H20BrNO2. The Morgan fingerprint density at radius 3 is 2.95 bits per heavy atom. The van der Waals surface area contributed by atoms with Crippen LogP contribution in [-0.4, -0.2) is 35.2 Å². The first-order valence-electron chi connectivity index (χ1n) is 6.86. The highest BCUT2D eigenvalue weighted by Crippen LogP contribution is 2.45. The maximum Gasteiger partial charge on any atom is 0.127 e. The number of halogens is 1. The van der Waals surface area contributed by atoms with E-state index < -0.39 is 6.10 Å². The largest absolute Gasteiger partial charge is 0.487 e. The highest BCUT2D eigenvalue weighted by molar-refractivity contribution is 9.10. The molecule has 0 bridgehead atoms. The van der Waals surface area contributed by atoms with Crippen molar-refractivity contribution in [3.8, 4) is 5.75 Å². The third-order valence-corrected chi connectivity index (χ3v) is 5.06. The molecule has 2 heterocycles. The molecule has 2 aliphatic rings. The standard InChI is InChI=1S/C15H20BrNO2/c1-10-8-15(5-6-17(10)2)9-13(18)12-4-3-11(16)7-14(12)19-15/h3-4,7,10,13,18H,5-6,8-9H2,1-2H3. The summed E-state index contributed by atoms with van der Waals surface area (Å²) in [6.45, 7) is 3.25. The molecule has 0 aromatic heterocycles. The number of nitrogens with zero attached hydrogens (tertiary/aromatic N) is 1. The second-order valence-corrected chi connectivity index (χ2v) is 6.89. The monoisotopic (exact) mass is 325 g/mol. The molecule has 3 unspecified atom stereocenters. The summed E-state index contributed by atoms with van der Waals surface area (Å²) in [7, 11) is 2.15. The summed E-state index contributed by atoms with van der Waals surface area (Å²) in [6.07, 6.45) is 2.26. The smallest absolute Gasteiger partial charge is 0.127 e. The first-order chi connectivity index (χ1) is 8.99. The van der Waals surface area contributed by atoms with Crippen molar-refractivity contribution in [2.75, 3.05) is 13.6 Å². The number of hydrogen-bond donors (Lipinski definition) is 1. The Hall–Kier alpha value is -0.580. The summed E-state index contributed by atoms with van der Waals surface area (Å²) in [5, 5.41) is 10.4. The maximum absolute atomic E-state index is 10.4. The second-order valence-electron chi connectivity index (χ2n) is 5.97. The Morgan fingerprint density at radius 1 is 1.42 bits per heavy atom. The molecule has 0 aliphatic carbocycles. The highest BCUT2D eigenvalue weighted by atomic mass is 79.9. The van der Waals surface area contributed by atoms with Gasteiger partial charge in [-0.05, 0) is 32.5 Å². The quantitative estimate of drug-likeness (QED) is 0.795. The van der Waals surface area contributed by atoms with Gasteiger partial charge < -0.3 is 14.7 Å². The number of piperidine rings is 1. The zero-order chi connectivity index (χ0) is 13.6. The van der Waals surface area contributed by atoms with Crippen molar-refractivity contribution in [1.82, 2.24) is 4.90 Å². The van der Waals surface area contributed by atoms with Crippen LogP contribution in [0.15, 0.2) is 22.7 Å². The van der Waals surface area contributed by atoms with Gasteiger partial charge in [0.25, 0.3) is 0 Å². The van der Waals surface area contributed by atoms with Crippen LogP contribution >= 0.6 is 15.9 Å². The van der Waals surface area contributed by atoms with E-state index in [-0.39, 0.29) is 5.60 Å². The Balaban J connectivity index is 1.91. The third-order valence-electron chi connectivity index (χ3n) is 4.57. The Bertz CT molecular complexity index is 493. The van der Waals surface area contributed by atoms with Crippen molar-refractivity contribution in [2.24, 2.45) is 0 Å². The Labute approximate surface area is 122 Å². The number of aliphatic hydroxyl groups is 1. The fraction of sp³-hybridized carbons (Fsp3) is 0.600. The number of benzene rings is 1. The van der Waals surface area contributed by atoms with Crippen LogP contribution in [0.25, 0.3) is 0 Å². The van der Waals surface area contributed by atoms with Crippen LogP contribution in [0, 0.1) is 0 Å². The average molecular weight is 326 g/mol. The van der Waals surface area contributed by atoms with E-state index in [9.17, 15) is 5.11 Å². The lowest BCUT2D eigenvalue weighted by Gasteiger charge is -2.47. The first-order valence-corrected chi connectivity index (χ1v) is 7.65. The minimum Gasteiger partial charge on any atom is -0.487 e. The van der Waals surface area contributed by atoms with Gasteiger partial charge in [-0.3, -0.25) is 0 Å². The molecule has 3 rings (SSSR count). The molecule has 3 atom stereocenters. The van der Waals surface area contributed by atoms with Crippen molar-refractivity contribution < 1.29 is 9.84 Å². The summed E-state index contributed by atoms with van der Waals surface area (Å²) in [5.74, 6) is 0.838. The van der Waals surface area contributed by atoms with E-state index >= 15 is 0 Å². The molecule has 0 saturated carbocycles. The number of likely N-dealkylation sites (tertiary alicyclic amines) is 1. The Kier molecular flexibility index (Phi) is 3.36. The highest BCUT2D eigenvalue weighted by Gasteiger charge is 2.44. The molecule has 19 heavy (non-hydrogen) atoms. The van der Waals surface area contributed by atoms with Crippen molar-refractivity contribution >= 4 is 15.9 Å². The zero-order valence-electron chi connectivity index (χ0n) is 11.4. The lowest BCUT2D eigenvalue weighted by molar-refractivity contribution is -0.0646. The molecule has 3 nitrogen and oxygen atoms in total. The summed E-state index contributed by atoms with van der Waals surface area (Å²) in [6, 6.07) is 6.38. The summed E-state index contributed by atoms with van der Waals surface area (Å²) in [4.78, 5) is 2.36. The van der Waals surface area contributed by atoms with Gasteiger partial charge >= 0.3 is 0 Å². The van der Waals surface area contributed by atoms with Gasteiger partial charge in [-0.2, -0.15) is 0 Å². The number of ether oxygens (including phenoxy) is 1. The SMILES string of the molecule is CC1CC2(CCN1C)CC(O)c1ccc(Br)cc1O2. The van der Waals surface area contributed by atoms with Gasteiger partial charge in [-0.15, -0.1) is 0 Å². The molecule has 0 amide bonds. The van der Waals surface area contributed by atoms with Gasteiger partial charge in [-0.25, -0.2) is 0 Å². The predicted molar refractivity (Wildman–Crippen MR) is 78.4 cm³/mol. The molecule has 4 heteroatoms. The Morgan fingerprint density at radius 2 is 2.21 bits per heavy atom. The maximum atomic E-state index is 10.4. The molecule has 1 N–H and O–H groups in total. The molecular weight excluding hydrogens is 306 g/mol. The summed E-state index contributed by atoms with van der Waals surface area (Å²) in [5.41, 5.74) is 0.722. The van der Waals surface area contributed by atoms with Crippen LogP contribution in [0.5, 0.6) is 5.75 Å². The zero-order valence-corrected chi connectivity index (χ0v) is 13.0. The van der Waals surface area contributed by atoms with E-state index in [0.29, 0.717) is 12.5 Å². The minimum atomic E-state index is -0.410. The van der Waals surface area contributed by atoms with Gasteiger partial charge in [0.1, 0.15) is 11.4 Å². The molecule has 0 radical (unpaired) electrons. The fourth-order valence-corrected chi connectivity index (χ4v) is 3.62. The van der Waals surface area contributed by atoms with Crippen LogP contribution in [0.4, 0.5) is 0 Å².